The van der Waals surface area contributed by atoms with Crippen LogP contribution in [-0.4, -0.2) is 24.8 Å². The highest BCUT2D eigenvalue weighted by atomic mass is 32.2. The molecule has 2 heterocycles. The summed E-state index contributed by atoms with van der Waals surface area (Å²) in [6.45, 7) is 1.90. The normalized spacial score (nSPS) is 16.2. The average Bonchev–Trinajstić information content (AvgIpc) is 3.05. The third-order valence-electron chi connectivity index (χ3n) is 4.57. The summed E-state index contributed by atoms with van der Waals surface area (Å²) in [4.78, 5) is 4.35. The van der Waals surface area contributed by atoms with Crippen molar-refractivity contribution in [2.24, 2.45) is 0 Å². The number of benzene rings is 1. The molecule has 24 heavy (non-hydrogen) atoms. The first-order valence-electron chi connectivity index (χ1n) is 7.59. The van der Waals surface area contributed by atoms with Gasteiger partial charge in [-0.2, -0.15) is 4.98 Å². The smallest absolute Gasteiger partial charge is 0.294 e. The molecule has 6 nitrogen and oxygen atoms in total. The van der Waals surface area contributed by atoms with E-state index in [1.165, 1.54) is 6.26 Å². The molecule has 0 saturated heterocycles. The number of aromatic nitrogens is 2. The summed E-state index contributed by atoms with van der Waals surface area (Å²) >= 11 is 0. The SMILES string of the molecule is Cc1ccoc1-c1nc(-c2ccc(C3(S(C)(=O)=O)CC3)cc2)no1. The predicted molar refractivity (Wildman–Crippen MR) is 87.9 cm³/mol. The first-order chi connectivity index (χ1) is 11.4. The number of hydrogen-bond acceptors (Lipinski definition) is 6. The van der Waals surface area contributed by atoms with Crippen molar-refractivity contribution in [3.05, 3.63) is 47.7 Å². The largest absolute Gasteiger partial charge is 0.459 e. The van der Waals surface area contributed by atoms with Crippen molar-refractivity contribution in [1.82, 2.24) is 10.1 Å². The second kappa shape index (κ2) is 5.04. The minimum absolute atomic E-state index is 0.325. The fraction of sp³-hybridized carbons (Fsp3) is 0.294. The molecule has 4 rings (SSSR count). The molecular weight excluding hydrogens is 328 g/mol. The summed E-state index contributed by atoms with van der Waals surface area (Å²) in [6.07, 6.45) is 4.22. The van der Waals surface area contributed by atoms with Crippen LogP contribution in [0.15, 0.2) is 45.5 Å². The Morgan fingerprint density at radius 1 is 1.12 bits per heavy atom. The molecule has 0 amide bonds. The zero-order chi connectivity index (χ0) is 16.9. The topological polar surface area (TPSA) is 86.2 Å². The Morgan fingerprint density at radius 2 is 1.83 bits per heavy atom. The van der Waals surface area contributed by atoms with Crippen LogP contribution in [0, 0.1) is 6.92 Å². The third-order valence-corrected chi connectivity index (χ3v) is 6.63. The maximum atomic E-state index is 12.0. The Morgan fingerprint density at radius 3 is 2.38 bits per heavy atom. The molecule has 2 aromatic heterocycles. The van der Waals surface area contributed by atoms with Crippen LogP contribution in [-0.2, 0) is 14.6 Å². The molecule has 124 valence electrons. The zero-order valence-corrected chi connectivity index (χ0v) is 14.1. The van der Waals surface area contributed by atoms with Crippen molar-refractivity contribution in [3.63, 3.8) is 0 Å². The van der Waals surface area contributed by atoms with Crippen LogP contribution >= 0.6 is 0 Å². The van der Waals surface area contributed by atoms with E-state index in [9.17, 15) is 8.42 Å². The van der Waals surface area contributed by atoms with Gasteiger partial charge in [0, 0.05) is 17.4 Å². The molecule has 1 aliphatic rings. The Balaban J connectivity index is 1.65. The fourth-order valence-electron chi connectivity index (χ4n) is 2.93. The second-order valence-corrected chi connectivity index (χ2v) is 8.53. The van der Waals surface area contributed by atoms with Gasteiger partial charge in [-0.3, -0.25) is 0 Å². The van der Waals surface area contributed by atoms with Crippen LogP contribution in [0.1, 0.15) is 24.0 Å². The number of nitrogens with zero attached hydrogens (tertiary/aromatic N) is 2. The van der Waals surface area contributed by atoms with Crippen LogP contribution in [0.2, 0.25) is 0 Å². The van der Waals surface area contributed by atoms with Crippen molar-refractivity contribution in [2.75, 3.05) is 6.26 Å². The van der Waals surface area contributed by atoms with Crippen LogP contribution < -0.4 is 0 Å². The van der Waals surface area contributed by atoms with E-state index in [4.69, 9.17) is 8.94 Å². The molecule has 7 heteroatoms. The van der Waals surface area contributed by atoms with Gasteiger partial charge in [0.1, 0.15) is 0 Å². The summed E-state index contributed by atoms with van der Waals surface area (Å²) in [5, 5.41) is 3.98. The number of aryl methyl sites for hydroxylation is 1. The van der Waals surface area contributed by atoms with Gasteiger partial charge in [0.2, 0.25) is 5.82 Å². The van der Waals surface area contributed by atoms with Crippen molar-refractivity contribution in [3.8, 4) is 23.0 Å². The van der Waals surface area contributed by atoms with E-state index in [1.807, 2.05) is 37.3 Å². The van der Waals surface area contributed by atoms with Gasteiger partial charge in [-0.1, -0.05) is 29.4 Å². The van der Waals surface area contributed by atoms with E-state index in [2.05, 4.69) is 10.1 Å². The highest BCUT2D eigenvalue weighted by Crippen LogP contribution is 2.52. The zero-order valence-electron chi connectivity index (χ0n) is 13.3. The van der Waals surface area contributed by atoms with Crippen LogP contribution in [0.25, 0.3) is 23.0 Å². The molecular formula is C17H16N2O4S. The molecule has 0 N–H and O–H groups in total. The molecule has 0 atom stereocenters. The van der Waals surface area contributed by atoms with E-state index < -0.39 is 14.6 Å². The quantitative estimate of drug-likeness (QED) is 0.721. The number of rotatable bonds is 4. The Labute approximate surface area is 139 Å². The number of hydrogen-bond donors (Lipinski definition) is 0. The van der Waals surface area contributed by atoms with Crippen molar-refractivity contribution >= 4 is 9.84 Å². The maximum Gasteiger partial charge on any atom is 0.294 e. The summed E-state index contributed by atoms with van der Waals surface area (Å²) in [7, 11) is -3.11. The summed E-state index contributed by atoms with van der Waals surface area (Å²) in [6, 6.07) is 9.14. The molecule has 0 bridgehead atoms. The molecule has 0 spiro atoms. The van der Waals surface area contributed by atoms with Gasteiger partial charge >= 0.3 is 0 Å². The molecule has 1 saturated carbocycles. The highest BCUT2D eigenvalue weighted by molar-refractivity contribution is 7.92. The van der Waals surface area contributed by atoms with Crippen LogP contribution in [0.3, 0.4) is 0 Å². The highest BCUT2D eigenvalue weighted by Gasteiger charge is 2.53. The van der Waals surface area contributed by atoms with Gasteiger partial charge in [-0.25, -0.2) is 8.42 Å². The second-order valence-electron chi connectivity index (χ2n) is 6.20. The first-order valence-corrected chi connectivity index (χ1v) is 9.48. The van der Waals surface area contributed by atoms with E-state index in [0.717, 1.165) is 16.7 Å². The lowest BCUT2D eigenvalue weighted by molar-refractivity contribution is 0.416. The maximum absolute atomic E-state index is 12.0. The Kier molecular flexibility index (Phi) is 3.18. The lowest BCUT2D eigenvalue weighted by Crippen LogP contribution is -2.19. The van der Waals surface area contributed by atoms with Gasteiger partial charge in [0.25, 0.3) is 5.89 Å². The van der Waals surface area contributed by atoms with Crippen LogP contribution in [0.5, 0.6) is 0 Å². The molecule has 0 radical (unpaired) electrons. The molecule has 1 aliphatic carbocycles. The van der Waals surface area contributed by atoms with Gasteiger partial charge < -0.3 is 8.94 Å². The lowest BCUT2D eigenvalue weighted by Gasteiger charge is -2.13. The van der Waals surface area contributed by atoms with Crippen molar-refractivity contribution in [2.45, 2.75) is 24.5 Å². The first kappa shape index (κ1) is 15.1. The fourth-order valence-corrected chi connectivity index (χ4v) is 4.34. The van der Waals surface area contributed by atoms with Gasteiger partial charge in [0.15, 0.2) is 15.6 Å². The predicted octanol–water partition coefficient (Wildman–Crippen LogP) is 3.34. The molecule has 0 unspecified atom stereocenters. The van der Waals surface area contributed by atoms with E-state index >= 15 is 0 Å². The monoisotopic (exact) mass is 344 g/mol. The minimum Gasteiger partial charge on any atom is -0.459 e. The third kappa shape index (κ3) is 2.27. The molecule has 1 aromatic carbocycles. The number of furan rings is 1. The van der Waals surface area contributed by atoms with Crippen LogP contribution in [0.4, 0.5) is 0 Å². The van der Waals surface area contributed by atoms with E-state index in [0.29, 0.717) is 30.3 Å². The molecule has 3 aromatic rings. The Bertz CT molecular complexity index is 995. The minimum atomic E-state index is -3.11. The average molecular weight is 344 g/mol. The van der Waals surface area contributed by atoms with E-state index in [-0.39, 0.29) is 0 Å². The summed E-state index contributed by atoms with van der Waals surface area (Å²) < 4.78 is 33.9. The van der Waals surface area contributed by atoms with Gasteiger partial charge in [0.05, 0.1) is 11.0 Å². The summed E-state index contributed by atoms with van der Waals surface area (Å²) in [5.74, 6) is 1.32. The molecule has 0 aliphatic heterocycles. The standard InChI is InChI=1S/C17H16N2O4S/c1-11-7-10-22-14(11)16-18-15(19-23-16)12-3-5-13(6-4-12)17(8-9-17)24(2,20)21/h3-7,10H,8-9H2,1-2H3. The molecule has 1 fully saturated rings. The van der Waals surface area contributed by atoms with Gasteiger partial charge in [-0.15, -0.1) is 0 Å². The van der Waals surface area contributed by atoms with Gasteiger partial charge in [-0.05, 0) is 31.4 Å². The Hall–Kier alpha value is -2.41. The van der Waals surface area contributed by atoms with Crippen molar-refractivity contribution in [1.29, 1.82) is 0 Å². The summed E-state index contributed by atoms with van der Waals surface area (Å²) in [5.41, 5.74) is 2.51. The lowest BCUT2D eigenvalue weighted by atomic mass is 10.1. The van der Waals surface area contributed by atoms with E-state index in [1.54, 1.807) is 6.26 Å². The van der Waals surface area contributed by atoms with Crippen molar-refractivity contribution < 1.29 is 17.4 Å². The number of sulfone groups is 1.